The lowest BCUT2D eigenvalue weighted by atomic mass is 10.0. The third-order valence-electron chi connectivity index (χ3n) is 2.28. The van der Waals surface area contributed by atoms with Gasteiger partial charge < -0.3 is 0 Å². The predicted molar refractivity (Wildman–Crippen MR) is 50.0 cm³/mol. The van der Waals surface area contributed by atoms with Crippen LogP contribution in [0, 0.1) is 0 Å². The number of allylic oxidation sites excluding steroid dienone is 2. The Kier molecular flexibility index (Phi) is 2.21. The molecule has 0 radical (unpaired) electrons. The molecule has 0 bridgehead atoms. The van der Waals surface area contributed by atoms with Crippen molar-refractivity contribution in [3.8, 4) is 0 Å². The van der Waals surface area contributed by atoms with Gasteiger partial charge >= 0.3 is 0 Å². The van der Waals surface area contributed by atoms with Gasteiger partial charge in [0.2, 0.25) is 0 Å². The Morgan fingerprint density at radius 3 is 3.25 bits per heavy atom. The first-order valence-electron chi connectivity index (χ1n) is 4.54. The molecule has 0 aromatic carbocycles. The minimum absolute atomic E-state index is 1.01. The van der Waals surface area contributed by atoms with Crippen LogP contribution in [0.1, 0.15) is 24.1 Å². The summed E-state index contributed by atoms with van der Waals surface area (Å²) in [5.74, 6) is 0. The fourth-order valence-electron chi connectivity index (χ4n) is 1.61. The maximum absolute atomic E-state index is 4.37. The second-order valence-electron chi connectivity index (χ2n) is 3.18. The van der Waals surface area contributed by atoms with Crippen molar-refractivity contribution in [2.24, 2.45) is 0 Å². The van der Waals surface area contributed by atoms with E-state index in [4.69, 9.17) is 0 Å². The molecule has 1 nitrogen and oxygen atoms in total. The Morgan fingerprint density at radius 2 is 2.25 bits per heavy atom. The summed E-state index contributed by atoms with van der Waals surface area (Å²) in [5, 5.41) is 0. The maximum Gasteiger partial charge on any atom is 0.0473 e. The second-order valence-corrected chi connectivity index (χ2v) is 3.18. The van der Waals surface area contributed by atoms with Gasteiger partial charge in [0.25, 0.3) is 0 Å². The molecular formula is C11H13N. The van der Waals surface area contributed by atoms with E-state index in [1.165, 1.54) is 30.5 Å². The van der Waals surface area contributed by atoms with E-state index in [0.29, 0.717) is 0 Å². The summed E-state index contributed by atoms with van der Waals surface area (Å²) in [5.41, 5.74) is 2.69. The van der Waals surface area contributed by atoms with E-state index in [9.17, 15) is 0 Å². The van der Waals surface area contributed by atoms with E-state index >= 15 is 0 Å². The fourth-order valence-corrected chi connectivity index (χ4v) is 1.61. The number of hydrogen-bond donors (Lipinski definition) is 0. The number of aryl methyl sites for hydroxylation is 1. The zero-order valence-electron chi connectivity index (χ0n) is 7.16. The molecule has 0 spiro atoms. The summed E-state index contributed by atoms with van der Waals surface area (Å²) >= 11 is 0. The van der Waals surface area contributed by atoms with Crippen LogP contribution in [-0.4, -0.2) is 4.98 Å². The molecule has 0 saturated heterocycles. The Bertz CT molecular complexity index is 289. The van der Waals surface area contributed by atoms with E-state index in [2.05, 4.69) is 23.2 Å². The van der Waals surface area contributed by atoms with Crippen LogP contribution in [0.4, 0.5) is 0 Å². The van der Waals surface area contributed by atoms with Gasteiger partial charge in [0, 0.05) is 18.3 Å². The van der Waals surface area contributed by atoms with E-state index in [1.807, 2.05) is 12.3 Å². The number of pyridine rings is 1. The topological polar surface area (TPSA) is 12.9 Å². The zero-order valence-corrected chi connectivity index (χ0v) is 7.16. The molecule has 1 aromatic rings. The van der Waals surface area contributed by atoms with E-state index < -0.39 is 0 Å². The third kappa shape index (κ3) is 1.55. The Balaban J connectivity index is 2.32. The molecule has 1 aliphatic rings. The molecule has 1 heterocycles. The summed E-state index contributed by atoms with van der Waals surface area (Å²) in [7, 11) is 0. The first-order chi connectivity index (χ1) is 5.97. The lowest BCUT2D eigenvalue weighted by molar-refractivity contribution is 0.810. The lowest BCUT2D eigenvalue weighted by Gasteiger charge is -2.07. The van der Waals surface area contributed by atoms with Gasteiger partial charge in [-0.2, -0.15) is 0 Å². The highest BCUT2D eigenvalue weighted by Gasteiger charge is 2.02. The molecule has 0 fully saturated rings. The molecule has 62 valence electrons. The smallest absolute Gasteiger partial charge is 0.0473 e. The fraction of sp³-hybridized carbons (Fsp3) is 0.364. The van der Waals surface area contributed by atoms with Gasteiger partial charge in [0.05, 0.1) is 0 Å². The summed E-state index contributed by atoms with van der Waals surface area (Å²) in [6.45, 7) is 0. The van der Waals surface area contributed by atoms with Crippen molar-refractivity contribution in [1.29, 1.82) is 0 Å². The molecule has 0 atom stereocenters. The van der Waals surface area contributed by atoms with Gasteiger partial charge in [-0.15, -0.1) is 0 Å². The first kappa shape index (κ1) is 7.53. The first-order valence-corrected chi connectivity index (χ1v) is 4.54. The van der Waals surface area contributed by atoms with Crippen LogP contribution in [0.3, 0.4) is 0 Å². The van der Waals surface area contributed by atoms with Crippen molar-refractivity contribution >= 4 is 0 Å². The number of fused-ring (bicyclic) bond motifs is 1. The molecule has 12 heavy (non-hydrogen) atoms. The molecule has 1 aliphatic carbocycles. The highest BCUT2D eigenvalue weighted by molar-refractivity contribution is 5.22. The van der Waals surface area contributed by atoms with Gasteiger partial charge in [0.1, 0.15) is 0 Å². The third-order valence-corrected chi connectivity index (χ3v) is 2.28. The largest absolute Gasteiger partial charge is 0.261 e. The van der Waals surface area contributed by atoms with Gasteiger partial charge in [-0.05, 0) is 30.9 Å². The van der Waals surface area contributed by atoms with Crippen molar-refractivity contribution in [2.75, 3.05) is 0 Å². The van der Waals surface area contributed by atoms with Crippen LogP contribution < -0.4 is 0 Å². The second kappa shape index (κ2) is 3.53. The molecule has 1 aromatic heterocycles. The van der Waals surface area contributed by atoms with Crippen LogP contribution >= 0.6 is 0 Å². The zero-order chi connectivity index (χ0) is 8.23. The van der Waals surface area contributed by atoms with Gasteiger partial charge in [0.15, 0.2) is 0 Å². The van der Waals surface area contributed by atoms with Gasteiger partial charge in [-0.1, -0.05) is 18.2 Å². The average Bonchev–Trinajstić information content (AvgIpc) is 2.06. The van der Waals surface area contributed by atoms with Gasteiger partial charge in [-0.25, -0.2) is 0 Å². The lowest BCUT2D eigenvalue weighted by Crippen LogP contribution is -1.98. The predicted octanol–water partition coefficient (Wildman–Crippen LogP) is 2.52. The minimum atomic E-state index is 1.01. The Hall–Kier alpha value is -1.11. The highest BCUT2D eigenvalue weighted by Crippen LogP contribution is 2.13. The molecule has 2 rings (SSSR count). The molecule has 0 amide bonds. The number of nitrogens with zero attached hydrogens (tertiary/aromatic N) is 1. The minimum Gasteiger partial charge on any atom is -0.261 e. The number of aromatic nitrogens is 1. The van der Waals surface area contributed by atoms with E-state index in [1.54, 1.807) is 0 Å². The molecule has 0 saturated carbocycles. The van der Waals surface area contributed by atoms with Crippen LogP contribution in [0.2, 0.25) is 0 Å². The summed E-state index contributed by atoms with van der Waals surface area (Å²) in [6.07, 6.45) is 11.0. The normalized spacial score (nSPS) is 16.3. The van der Waals surface area contributed by atoms with Crippen LogP contribution in [0.15, 0.2) is 30.5 Å². The SMILES string of the molecule is C1=CCc2ncccc2CCC1. The van der Waals surface area contributed by atoms with Crippen molar-refractivity contribution in [2.45, 2.75) is 25.7 Å². The van der Waals surface area contributed by atoms with Crippen molar-refractivity contribution in [3.05, 3.63) is 41.7 Å². The molecule has 0 aliphatic heterocycles. The monoisotopic (exact) mass is 159 g/mol. The van der Waals surface area contributed by atoms with Crippen molar-refractivity contribution in [1.82, 2.24) is 4.98 Å². The molecule has 1 heteroatoms. The number of hydrogen-bond acceptors (Lipinski definition) is 1. The van der Waals surface area contributed by atoms with E-state index in [-0.39, 0.29) is 0 Å². The van der Waals surface area contributed by atoms with Gasteiger partial charge in [-0.3, -0.25) is 4.98 Å². The molecule has 0 unspecified atom stereocenters. The maximum atomic E-state index is 4.37. The quantitative estimate of drug-likeness (QED) is 0.530. The highest BCUT2D eigenvalue weighted by atomic mass is 14.7. The summed E-state index contributed by atoms with van der Waals surface area (Å²) < 4.78 is 0. The van der Waals surface area contributed by atoms with Crippen LogP contribution in [-0.2, 0) is 12.8 Å². The van der Waals surface area contributed by atoms with Crippen LogP contribution in [0.5, 0.6) is 0 Å². The van der Waals surface area contributed by atoms with Crippen molar-refractivity contribution < 1.29 is 0 Å². The summed E-state index contributed by atoms with van der Waals surface area (Å²) in [6, 6.07) is 4.23. The molecule has 0 N–H and O–H groups in total. The summed E-state index contributed by atoms with van der Waals surface area (Å²) in [4.78, 5) is 4.37. The molecular weight excluding hydrogens is 146 g/mol. The number of rotatable bonds is 0. The van der Waals surface area contributed by atoms with Crippen LogP contribution in [0.25, 0.3) is 0 Å². The Morgan fingerprint density at radius 1 is 1.25 bits per heavy atom. The average molecular weight is 159 g/mol. The van der Waals surface area contributed by atoms with Crippen molar-refractivity contribution in [3.63, 3.8) is 0 Å². The standard InChI is InChI=1S/C11H13N/c1-2-4-8-11-10(6-3-1)7-5-9-12-11/h2,4-5,7,9H,1,3,6,8H2. The Labute approximate surface area is 73.1 Å². The van der Waals surface area contributed by atoms with E-state index in [0.717, 1.165) is 6.42 Å².